The molecule has 0 aliphatic rings. The molecule has 344 valence electrons. The molecule has 0 aromatic heterocycles. The first-order valence-electron chi connectivity index (χ1n) is 25.2. The van der Waals surface area contributed by atoms with Gasteiger partial charge in [0.25, 0.3) is 10.9 Å². The van der Waals surface area contributed by atoms with Crippen molar-refractivity contribution < 1.29 is 19.1 Å². The van der Waals surface area contributed by atoms with Crippen LogP contribution in [0.25, 0.3) is 0 Å². The maximum absolute atomic E-state index is 12.8. The minimum absolute atomic E-state index is 0.00128. The van der Waals surface area contributed by atoms with Gasteiger partial charge in [-0.15, -0.1) is 0 Å². The Morgan fingerprint density at radius 2 is 0.915 bits per heavy atom. The van der Waals surface area contributed by atoms with E-state index >= 15 is 0 Å². The molecule has 59 heavy (non-hydrogen) atoms. The molecule has 0 atom stereocenters. The molecule has 0 radical (unpaired) electrons. The van der Waals surface area contributed by atoms with Gasteiger partial charge in [-0.3, -0.25) is 19.2 Å². The number of nitrogens with zero attached hydrogens (tertiary/aromatic N) is 1. The zero-order chi connectivity index (χ0) is 43.0. The Labute approximate surface area is 362 Å². The lowest BCUT2D eigenvalue weighted by atomic mass is 10.0. The van der Waals surface area contributed by atoms with Gasteiger partial charge in [-0.05, 0) is 90.3 Å². The molecule has 3 N–H and O–H groups in total. The van der Waals surface area contributed by atoms with E-state index in [1.807, 2.05) is 0 Å². The molecule has 0 unspecified atom stereocenters. The molecule has 1 aromatic rings. The van der Waals surface area contributed by atoms with Gasteiger partial charge in [-0.2, -0.15) is 0 Å². The van der Waals surface area contributed by atoms with Crippen LogP contribution in [0.5, 0.6) is 0 Å². The summed E-state index contributed by atoms with van der Waals surface area (Å²) in [6.07, 6.45) is 39.7. The third-order valence-electron chi connectivity index (χ3n) is 11.9. The normalized spacial score (nSPS) is 11.6. The summed E-state index contributed by atoms with van der Waals surface area (Å²) in [6.45, 7) is 11.1. The third-order valence-corrected chi connectivity index (χ3v) is 11.9. The average molecular weight is 832 g/mol. The molecule has 1 rings (SSSR count). The van der Waals surface area contributed by atoms with Crippen LogP contribution in [0.2, 0.25) is 0 Å². The van der Waals surface area contributed by atoms with Crippen molar-refractivity contribution in [1.82, 2.24) is 4.90 Å². The zero-order valence-electron chi connectivity index (χ0n) is 38.8. The lowest BCUT2D eigenvalue weighted by Gasteiger charge is -2.22. The molecular weight excluding hydrogens is 739 g/mol. The third kappa shape index (κ3) is 31.1. The maximum Gasteiger partial charge on any atom is 0.306 e. The van der Waals surface area contributed by atoms with Gasteiger partial charge in [-0.25, -0.2) is 0 Å². The Morgan fingerprint density at radius 1 is 0.508 bits per heavy atom. The van der Waals surface area contributed by atoms with Gasteiger partial charge in [0, 0.05) is 19.4 Å². The highest BCUT2D eigenvalue weighted by Crippen LogP contribution is 2.19. The van der Waals surface area contributed by atoms with Crippen LogP contribution in [0, 0.1) is 0 Å². The lowest BCUT2D eigenvalue weighted by Crippen LogP contribution is -2.37. The molecule has 0 saturated carbocycles. The number of carbonyl (C=O) groups is 2. The number of esters is 2. The van der Waals surface area contributed by atoms with Gasteiger partial charge in [-0.1, -0.05) is 162 Å². The summed E-state index contributed by atoms with van der Waals surface area (Å²) < 4.78 is 11.5. The Bertz CT molecular complexity index is 1180. The number of rotatable bonds is 45. The first-order chi connectivity index (χ1) is 28.8. The number of nitrogen functional groups attached to an aromatic ring is 1. The first-order valence-corrected chi connectivity index (χ1v) is 25.2. The summed E-state index contributed by atoms with van der Waals surface area (Å²) in [5, 5.41) is 3.05. The summed E-state index contributed by atoms with van der Waals surface area (Å²) in [5.74, 6) is -0.0475. The van der Waals surface area contributed by atoms with Gasteiger partial charge in [0.1, 0.15) is 17.5 Å². The van der Waals surface area contributed by atoms with Crippen LogP contribution in [0.1, 0.15) is 245 Å². The van der Waals surface area contributed by atoms with E-state index in [0.29, 0.717) is 26.0 Å². The fraction of sp³-hybridized carbons (Fsp3) is 0.880. The van der Waals surface area contributed by atoms with Crippen molar-refractivity contribution in [3.8, 4) is 0 Å². The average Bonchev–Trinajstić information content (AvgIpc) is 3.23. The Morgan fingerprint density at radius 3 is 1.41 bits per heavy atom. The summed E-state index contributed by atoms with van der Waals surface area (Å²) in [6, 6.07) is 0. The van der Waals surface area contributed by atoms with Crippen LogP contribution in [0.15, 0.2) is 9.59 Å². The first kappa shape index (κ1) is 54.6. The number of hydrogen-bond donors (Lipinski definition) is 2. The van der Waals surface area contributed by atoms with Crippen molar-refractivity contribution in [2.45, 2.75) is 252 Å². The summed E-state index contributed by atoms with van der Waals surface area (Å²) in [7, 11) is 0. The van der Waals surface area contributed by atoms with E-state index in [4.69, 9.17) is 15.2 Å². The molecule has 0 fully saturated rings. The van der Waals surface area contributed by atoms with Crippen LogP contribution in [-0.2, 0) is 19.1 Å². The minimum Gasteiger partial charge on any atom is -0.466 e. The SMILES string of the molecule is CCCCCCCCCOC(=O)CCCCCCCN(CCCCCCCC(=O)OC(CCCCCCCC)CCCCCCCC)CCCCNc1c(N)c(=O)c1=O. The van der Waals surface area contributed by atoms with Gasteiger partial charge in [0.05, 0.1) is 6.61 Å². The fourth-order valence-corrected chi connectivity index (χ4v) is 7.99. The van der Waals surface area contributed by atoms with Gasteiger partial charge < -0.3 is 25.4 Å². The van der Waals surface area contributed by atoms with E-state index in [9.17, 15) is 19.2 Å². The van der Waals surface area contributed by atoms with E-state index in [2.05, 4.69) is 31.0 Å². The number of carbonyl (C=O) groups excluding carboxylic acids is 2. The second-order valence-electron chi connectivity index (χ2n) is 17.5. The Kier molecular flexibility index (Phi) is 36.7. The molecule has 0 saturated heterocycles. The van der Waals surface area contributed by atoms with Gasteiger partial charge >= 0.3 is 11.9 Å². The van der Waals surface area contributed by atoms with Crippen molar-refractivity contribution >= 4 is 23.3 Å². The van der Waals surface area contributed by atoms with E-state index in [1.165, 1.54) is 109 Å². The molecule has 0 spiro atoms. The molecule has 0 bridgehead atoms. The van der Waals surface area contributed by atoms with Crippen molar-refractivity contribution in [2.24, 2.45) is 0 Å². The van der Waals surface area contributed by atoms with Crippen LogP contribution in [0.3, 0.4) is 0 Å². The molecule has 9 heteroatoms. The number of anilines is 2. The number of unbranched alkanes of at least 4 members (excludes halogenated alkanes) is 25. The minimum atomic E-state index is -0.580. The molecule has 0 amide bonds. The molecule has 0 heterocycles. The fourth-order valence-electron chi connectivity index (χ4n) is 7.99. The van der Waals surface area contributed by atoms with Gasteiger partial charge in [0.15, 0.2) is 0 Å². The molecule has 1 aromatic carbocycles. The summed E-state index contributed by atoms with van der Waals surface area (Å²) >= 11 is 0. The second kappa shape index (κ2) is 39.7. The monoisotopic (exact) mass is 832 g/mol. The van der Waals surface area contributed by atoms with E-state index in [0.717, 1.165) is 122 Å². The van der Waals surface area contributed by atoms with Crippen molar-refractivity contribution in [3.63, 3.8) is 0 Å². The standard InChI is InChI=1S/C50H93N3O6/c1-4-7-10-13-16-25-34-43-58-45(54)37-28-21-17-23-31-40-53(42-33-30-39-52-48-47(51)49(56)50(48)57)41-32-24-18-22-29-38-46(55)59-44(35-26-19-14-11-8-5-2)36-27-20-15-12-9-6-3/h44,52H,4-43,51H2,1-3H3. The highest BCUT2D eigenvalue weighted by Gasteiger charge is 2.17. The highest BCUT2D eigenvalue weighted by molar-refractivity contribution is 5.71. The van der Waals surface area contributed by atoms with Crippen molar-refractivity contribution in [2.75, 3.05) is 43.8 Å². The number of nitrogens with two attached hydrogens (primary N) is 1. The topological polar surface area (TPSA) is 128 Å². The molecule has 0 aliphatic heterocycles. The molecule has 0 aliphatic carbocycles. The van der Waals surface area contributed by atoms with E-state index in [-0.39, 0.29) is 29.4 Å². The van der Waals surface area contributed by atoms with E-state index < -0.39 is 10.9 Å². The number of nitrogens with one attached hydrogen (secondary N) is 1. The van der Waals surface area contributed by atoms with Crippen LogP contribution < -0.4 is 21.9 Å². The van der Waals surface area contributed by atoms with Crippen molar-refractivity contribution in [3.05, 3.63) is 20.4 Å². The number of hydrogen-bond acceptors (Lipinski definition) is 9. The zero-order valence-corrected chi connectivity index (χ0v) is 38.8. The predicted molar refractivity (Wildman–Crippen MR) is 250 cm³/mol. The smallest absolute Gasteiger partial charge is 0.306 e. The maximum atomic E-state index is 12.8. The molecule has 9 nitrogen and oxygen atoms in total. The molecular formula is C50H93N3O6. The lowest BCUT2D eigenvalue weighted by molar-refractivity contribution is -0.150. The predicted octanol–water partition coefficient (Wildman–Crippen LogP) is 12.7. The Balaban J connectivity index is 2.33. The van der Waals surface area contributed by atoms with Crippen LogP contribution in [0.4, 0.5) is 11.4 Å². The number of ether oxygens (including phenoxy) is 2. The highest BCUT2D eigenvalue weighted by atomic mass is 16.5. The summed E-state index contributed by atoms with van der Waals surface area (Å²) in [4.78, 5) is 50.7. The van der Waals surface area contributed by atoms with Crippen LogP contribution in [-0.4, -0.2) is 55.7 Å². The Hall–Kier alpha value is -2.42. The summed E-state index contributed by atoms with van der Waals surface area (Å²) in [5.41, 5.74) is 4.92. The van der Waals surface area contributed by atoms with Crippen LogP contribution >= 0.6 is 0 Å². The van der Waals surface area contributed by atoms with Gasteiger partial charge in [0.2, 0.25) is 0 Å². The largest absolute Gasteiger partial charge is 0.466 e. The second-order valence-corrected chi connectivity index (χ2v) is 17.5. The quantitative estimate of drug-likeness (QED) is 0.0375. The van der Waals surface area contributed by atoms with Crippen molar-refractivity contribution in [1.29, 1.82) is 0 Å². The van der Waals surface area contributed by atoms with E-state index in [1.54, 1.807) is 0 Å².